The van der Waals surface area contributed by atoms with Crippen LogP contribution in [0.5, 0.6) is 0 Å². The van der Waals surface area contributed by atoms with E-state index in [1.807, 2.05) is 76.8 Å². The van der Waals surface area contributed by atoms with E-state index in [1.165, 1.54) is 47.4 Å². The molecule has 0 spiro atoms. The van der Waals surface area contributed by atoms with Crippen molar-refractivity contribution in [1.29, 1.82) is 0 Å². The average Bonchev–Trinajstić information content (AvgIpc) is 2.42. The van der Waals surface area contributed by atoms with Gasteiger partial charge >= 0.3 is 18.3 Å². The first kappa shape index (κ1) is 67.8. The molecule has 0 aromatic heterocycles. The number of carbonyl (C=O) groups is 3. The summed E-state index contributed by atoms with van der Waals surface area (Å²) < 4.78 is 71.1. The van der Waals surface area contributed by atoms with Gasteiger partial charge in [-0.15, -0.1) is 0 Å². The molecule has 3 N–H and O–H groups in total. The van der Waals surface area contributed by atoms with Gasteiger partial charge in [0.05, 0.1) is 46.8 Å². The predicted molar refractivity (Wildman–Crippen MR) is 324 cm³/mol. The molecular formula is C60H80N8O15S2. The topological polar surface area (TPSA) is 291 Å². The number of anilines is 3. The number of hydrogen-bond acceptors (Lipinski definition) is 16. The number of aliphatic hydroxyl groups excluding tert-OH is 1. The Morgan fingerprint density at radius 1 is 0.541 bits per heavy atom. The fourth-order valence-electron chi connectivity index (χ4n) is 9.20. The van der Waals surface area contributed by atoms with Crippen molar-refractivity contribution >= 4 is 66.8 Å². The van der Waals surface area contributed by atoms with Crippen LogP contribution in [-0.2, 0) is 34.3 Å². The third-order valence-corrected chi connectivity index (χ3v) is 16.2. The van der Waals surface area contributed by atoms with Gasteiger partial charge in [-0.3, -0.25) is 29.3 Å². The Balaban J connectivity index is 0.000000217. The SMILES string of the molecule is CC(C)(C)OC(=O)N1CCC[C@H]1CN(c1ccccc1)S(=O)(=O)c1ccccc1[N+](=O)[O-].CC(C)(C)OC(=O)N1CCC[C@H]1CNc1ccccc1.CC(C)(C)OC(=O)N1CCC[C@H]1CO.O=[N+]([O-])c1ccccc1S(=O)(=O)Nc1ccccc1. The number of ether oxygens (including phenoxy) is 3. The minimum atomic E-state index is -4.29. The summed E-state index contributed by atoms with van der Waals surface area (Å²) in [5, 5.41) is 34.8. The van der Waals surface area contributed by atoms with E-state index in [-0.39, 0.29) is 42.3 Å². The van der Waals surface area contributed by atoms with Crippen molar-refractivity contribution in [2.75, 3.05) is 53.7 Å². The zero-order valence-corrected chi connectivity index (χ0v) is 51.3. The summed E-state index contributed by atoms with van der Waals surface area (Å²) in [4.78, 5) is 61.6. The number of hydrogen-bond donors (Lipinski definition) is 3. The van der Waals surface area contributed by atoms with E-state index in [0.29, 0.717) is 37.3 Å². The Morgan fingerprint density at radius 2 is 0.906 bits per heavy atom. The second-order valence-corrected chi connectivity index (χ2v) is 26.6. The maximum atomic E-state index is 13.6. The number of nitro benzene ring substituents is 2. The van der Waals surface area contributed by atoms with E-state index in [4.69, 9.17) is 19.3 Å². The number of sulfonamides is 2. The molecule has 3 heterocycles. The molecule has 0 saturated carbocycles. The van der Waals surface area contributed by atoms with Crippen LogP contribution in [0.25, 0.3) is 0 Å². The first-order valence-electron chi connectivity index (χ1n) is 27.9. The van der Waals surface area contributed by atoms with Crippen molar-refractivity contribution in [3.8, 4) is 0 Å². The number of nitrogens with one attached hydrogen (secondary N) is 2. The molecule has 5 aromatic rings. The van der Waals surface area contributed by atoms with Gasteiger partial charge < -0.3 is 39.3 Å². The second-order valence-electron chi connectivity index (χ2n) is 23.1. The Labute approximate surface area is 498 Å². The highest BCUT2D eigenvalue weighted by Gasteiger charge is 2.39. The first-order valence-corrected chi connectivity index (χ1v) is 30.8. The lowest BCUT2D eigenvalue weighted by molar-refractivity contribution is -0.388. The van der Waals surface area contributed by atoms with Crippen LogP contribution >= 0.6 is 0 Å². The number of likely N-dealkylation sites (tertiary alicyclic amines) is 3. The molecule has 0 unspecified atom stereocenters. The van der Waals surface area contributed by atoms with Crippen LogP contribution < -0.4 is 14.3 Å². The minimum absolute atomic E-state index is 0.0270. The van der Waals surface area contributed by atoms with Gasteiger partial charge in [-0.25, -0.2) is 31.2 Å². The molecule has 25 heteroatoms. The monoisotopic (exact) mass is 1220 g/mol. The van der Waals surface area contributed by atoms with E-state index in [1.54, 1.807) is 86.3 Å². The number of carbonyl (C=O) groups excluding carboxylic acids is 3. The number of nitrogens with zero attached hydrogens (tertiary/aromatic N) is 6. The quantitative estimate of drug-likeness (QED) is 0.0529. The van der Waals surface area contributed by atoms with Gasteiger partial charge in [0, 0.05) is 49.7 Å². The summed E-state index contributed by atoms with van der Waals surface area (Å²) in [6.45, 7) is 19.2. The molecule has 0 radical (unpaired) electrons. The van der Waals surface area contributed by atoms with Crippen LogP contribution in [0, 0.1) is 20.2 Å². The first-order chi connectivity index (χ1) is 39.9. The molecular weight excluding hydrogens is 1140 g/mol. The third kappa shape index (κ3) is 20.9. The third-order valence-electron chi connectivity index (χ3n) is 13.0. The summed E-state index contributed by atoms with van der Waals surface area (Å²) in [5.74, 6) is 0. The zero-order chi connectivity index (χ0) is 62.8. The van der Waals surface area contributed by atoms with Crippen LogP contribution in [0.2, 0.25) is 0 Å². The van der Waals surface area contributed by atoms with Gasteiger partial charge in [0.25, 0.3) is 31.4 Å². The van der Waals surface area contributed by atoms with E-state index >= 15 is 0 Å². The van der Waals surface area contributed by atoms with Crippen molar-refractivity contribution < 1.29 is 60.4 Å². The number of aliphatic hydroxyl groups is 1. The van der Waals surface area contributed by atoms with Gasteiger partial charge in [0.2, 0.25) is 0 Å². The molecule has 85 heavy (non-hydrogen) atoms. The van der Waals surface area contributed by atoms with Crippen molar-refractivity contribution in [3.05, 3.63) is 160 Å². The average molecular weight is 1220 g/mol. The zero-order valence-electron chi connectivity index (χ0n) is 49.7. The summed E-state index contributed by atoms with van der Waals surface area (Å²) in [6.07, 6.45) is 4.17. The summed E-state index contributed by atoms with van der Waals surface area (Å²) >= 11 is 0. The van der Waals surface area contributed by atoms with Crippen LogP contribution in [-0.4, -0.2) is 139 Å². The second kappa shape index (κ2) is 30.2. The fraction of sp³-hybridized carbons (Fsp3) is 0.450. The lowest BCUT2D eigenvalue weighted by Crippen LogP contribution is -2.47. The fourth-order valence-corrected chi connectivity index (χ4v) is 12.1. The van der Waals surface area contributed by atoms with Crippen molar-refractivity contribution in [2.24, 2.45) is 0 Å². The standard InChI is InChI=1S/C22H27N3O6S.C16H24N2O2.C12H10N2O4S.C10H19NO3/c1-22(2,3)31-21(26)23-15-9-12-18(23)16-24(17-10-5-4-6-11-17)32(29,30)20-14-8-7-13-19(20)25(27)28;1-16(2,3)20-15(19)18-11-7-10-14(18)12-17-13-8-5-4-6-9-13;15-14(16)11-8-4-5-9-12(11)19(17,18)13-10-6-2-1-3-7-10;1-10(2,3)14-9(13)11-6-4-5-8(11)7-12/h4-8,10-11,13-14,18H,9,12,15-16H2,1-3H3;4-6,8-9,14,17H,7,10-12H2,1-3H3;1-9,13H;8,12H,4-7H2,1-3H3/t18-;14-;;8-/m00.0/s1. The Kier molecular flexibility index (Phi) is 24.0. The highest BCUT2D eigenvalue weighted by Crippen LogP contribution is 2.33. The molecule has 3 amide bonds. The minimum Gasteiger partial charge on any atom is -0.444 e. The number of rotatable bonds is 14. The van der Waals surface area contributed by atoms with E-state index < -0.39 is 75.1 Å². The number of para-hydroxylation sites is 5. The number of benzene rings is 5. The van der Waals surface area contributed by atoms with Crippen molar-refractivity contribution in [1.82, 2.24) is 14.7 Å². The van der Waals surface area contributed by atoms with Crippen LogP contribution in [0.3, 0.4) is 0 Å². The smallest absolute Gasteiger partial charge is 0.410 e. The molecule has 3 fully saturated rings. The van der Waals surface area contributed by atoms with Gasteiger partial charge in [-0.05, 0) is 149 Å². The van der Waals surface area contributed by atoms with E-state index in [2.05, 4.69) is 10.0 Å². The summed E-state index contributed by atoms with van der Waals surface area (Å²) in [7, 11) is -8.27. The molecule has 23 nitrogen and oxygen atoms in total. The lowest BCUT2D eigenvalue weighted by atomic mass is 10.2. The Hall–Kier alpha value is -8.03. The maximum Gasteiger partial charge on any atom is 0.410 e. The van der Waals surface area contributed by atoms with Gasteiger partial charge in [-0.2, -0.15) is 0 Å². The molecule has 3 aliphatic rings. The van der Waals surface area contributed by atoms with Crippen LogP contribution in [0.15, 0.2) is 149 Å². The van der Waals surface area contributed by atoms with Crippen LogP contribution in [0.4, 0.5) is 42.8 Å². The van der Waals surface area contributed by atoms with Gasteiger partial charge in [-0.1, -0.05) is 78.9 Å². The van der Waals surface area contributed by atoms with E-state index in [0.717, 1.165) is 54.8 Å². The predicted octanol–water partition coefficient (Wildman–Crippen LogP) is 11.5. The maximum absolute atomic E-state index is 13.6. The van der Waals surface area contributed by atoms with E-state index in [9.17, 15) is 51.4 Å². The van der Waals surface area contributed by atoms with Crippen molar-refractivity contribution in [3.63, 3.8) is 0 Å². The molecule has 462 valence electrons. The molecule has 3 saturated heterocycles. The highest BCUT2D eigenvalue weighted by molar-refractivity contribution is 7.93. The molecule has 3 aliphatic heterocycles. The number of nitro groups is 2. The normalized spacial score (nSPS) is 16.9. The summed E-state index contributed by atoms with van der Waals surface area (Å²) in [5.41, 5.74) is -0.725. The van der Waals surface area contributed by atoms with Crippen LogP contribution in [0.1, 0.15) is 101 Å². The molecule has 0 aliphatic carbocycles. The summed E-state index contributed by atoms with van der Waals surface area (Å²) in [6, 6.07) is 36.8. The van der Waals surface area contributed by atoms with Gasteiger partial charge in [0.1, 0.15) is 16.8 Å². The van der Waals surface area contributed by atoms with Crippen molar-refractivity contribution in [2.45, 2.75) is 146 Å². The molecule has 3 atom stereocenters. The Morgan fingerprint density at radius 3 is 1.35 bits per heavy atom. The lowest BCUT2D eigenvalue weighted by Gasteiger charge is -2.32. The molecule has 5 aromatic carbocycles. The molecule has 8 rings (SSSR count). The Bertz CT molecular complexity index is 3230. The molecule has 0 bridgehead atoms. The van der Waals surface area contributed by atoms with Gasteiger partial charge in [0.15, 0.2) is 9.79 Å². The number of amides is 3. The largest absolute Gasteiger partial charge is 0.444 e. The highest BCUT2D eigenvalue weighted by atomic mass is 32.2.